The van der Waals surface area contributed by atoms with E-state index < -0.39 is 0 Å². The minimum absolute atomic E-state index is 0.855. The molecular weight excluding hydrogens is 400 g/mol. The van der Waals surface area contributed by atoms with Gasteiger partial charge in [0.25, 0.3) is 0 Å². The maximum atomic E-state index is 5.89. The Morgan fingerprint density at radius 2 is 1.39 bits per heavy atom. The SMILES string of the molecule is CCCCCCOc1ccc(CCC2=CCC(CC[C@H]3CC[C@H](CCCC)CC3)CC2)cc1. The summed E-state index contributed by atoms with van der Waals surface area (Å²) in [5, 5.41) is 0. The van der Waals surface area contributed by atoms with Gasteiger partial charge in [-0.3, -0.25) is 0 Å². The quantitative estimate of drug-likeness (QED) is 0.190. The summed E-state index contributed by atoms with van der Waals surface area (Å²) in [6, 6.07) is 8.87. The Morgan fingerprint density at radius 3 is 2.06 bits per heavy atom. The van der Waals surface area contributed by atoms with Crippen LogP contribution in [0.5, 0.6) is 5.75 Å². The molecule has 1 aromatic carbocycles. The molecule has 1 fully saturated rings. The standard InChI is InChI=1S/C32H52O/c1-3-5-7-8-26-33-32-24-22-31(23-25-32)21-20-30-18-16-29(17-19-30)15-14-28-12-10-27(11-13-28)9-6-4-2/h18,22-25,27-29H,3-17,19-21,26H2,1-2H3/t27-,28-,29?. The van der Waals surface area contributed by atoms with Crippen molar-refractivity contribution in [3.63, 3.8) is 0 Å². The van der Waals surface area contributed by atoms with E-state index in [0.29, 0.717) is 0 Å². The molecular formula is C32H52O. The normalized spacial score (nSPS) is 23.3. The van der Waals surface area contributed by atoms with E-state index in [0.717, 1.165) is 30.1 Å². The molecule has 1 atom stereocenters. The van der Waals surface area contributed by atoms with Crippen LogP contribution in [0.1, 0.15) is 129 Å². The first-order valence-corrected chi connectivity index (χ1v) is 14.7. The van der Waals surface area contributed by atoms with E-state index in [2.05, 4.69) is 44.2 Å². The highest BCUT2D eigenvalue weighted by Crippen LogP contribution is 2.37. The summed E-state index contributed by atoms with van der Waals surface area (Å²) >= 11 is 0. The molecule has 0 bridgehead atoms. The summed E-state index contributed by atoms with van der Waals surface area (Å²) in [6.45, 7) is 5.44. The van der Waals surface area contributed by atoms with E-state index >= 15 is 0 Å². The highest BCUT2D eigenvalue weighted by molar-refractivity contribution is 5.28. The van der Waals surface area contributed by atoms with E-state index in [1.807, 2.05) is 0 Å². The van der Waals surface area contributed by atoms with Crippen LogP contribution < -0.4 is 4.74 Å². The van der Waals surface area contributed by atoms with Gasteiger partial charge in [-0.25, -0.2) is 0 Å². The van der Waals surface area contributed by atoms with Gasteiger partial charge in [0.15, 0.2) is 0 Å². The summed E-state index contributed by atoms with van der Waals surface area (Å²) in [7, 11) is 0. The molecule has 1 saturated carbocycles. The van der Waals surface area contributed by atoms with Crippen LogP contribution in [0, 0.1) is 17.8 Å². The van der Waals surface area contributed by atoms with Crippen molar-refractivity contribution in [3.05, 3.63) is 41.5 Å². The number of benzene rings is 1. The van der Waals surface area contributed by atoms with Crippen LogP contribution in [0.3, 0.4) is 0 Å². The van der Waals surface area contributed by atoms with Gasteiger partial charge in [-0.2, -0.15) is 0 Å². The van der Waals surface area contributed by atoms with Gasteiger partial charge in [-0.15, -0.1) is 0 Å². The lowest BCUT2D eigenvalue weighted by Crippen LogP contribution is -2.16. The Balaban J connectivity index is 1.27. The third kappa shape index (κ3) is 10.3. The lowest BCUT2D eigenvalue weighted by Gasteiger charge is -2.30. The molecule has 33 heavy (non-hydrogen) atoms. The molecule has 1 aromatic rings. The average Bonchev–Trinajstić information content (AvgIpc) is 2.87. The average molecular weight is 453 g/mol. The van der Waals surface area contributed by atoms with Crippen molar-refractivity contribution < 1.29 is 4.74 Å². The summed E-state index contributed by atoms with van der Waals surface area (Å²) in [6.07, 6.45) is 27.6. The number of unbranched alkanes of at least 4 members (excludes halogenated alkanes) is 4. The largest absolute Gasteiger partial charge is 0.494 e. The van der Waals surface area contributed by atoms with Crippen LogP contribution >= 0.6 is 0 Å². The molecule has 0 amide bonds. The topological polar surface area (TPSA) is 9.23 Å². The number of hydrogen-bond donors (Lipinski definition) is 0. The zero-order valence-corrected chi connectivity index (χ0v) is 22.0. The van der Waals surface area contributed by atoms with E-state index in [1.54, 1.807) is 5.57 Å². The third-order valence-corrected chi connectivity index (χ3v) is 8.45. The molecule has 0 spiro atoms. The monoisotopic (exact) mass is 452 g/mol. The molecule has 2 aliphatic carbocycles. The molecule has 2 aliphatic rings. The highest BCUT2D eigenvalue weighted by Gasteiger charge is 2.22. The lowest BCUT2D eigenvalue weighted by molar-refractivity contribution is 0.235. The number of aryl methyl sites for hydroxylation is 1. The van der Waals surface area contributed by atoms with Gasteiger partial charge < -0.3 is 4.74 Å². The predicted octanol–water partition coefficient (Wildman–Crippen LogP) is 10.1. The Labute approximate surface area is 205 Å². The summed E-state index contributed by atoms with van der Waals surface area (Å²) in [4.78, 5) is 0. The molecule has 186 valence electrons. The maximum absolute atomic E-state index is 5.89. The van der Waals surface area contributed by atoms with Crippen LogP contribution in [0.4, 0.5) is 0 Å². The fraction of sp³-hybridized carbons (Fsp3) is 0.750. The Hall–Kier alpha value is -1.24. The summed E-state index contributed by atoms with van der Waals surface area (Å²) in [5.74, 6) is 4.09. The molecule has 1 nitrogen and oxygen atoms in total. The minimum atomic E-state index is 0.855. The zero-order chi connectivity index (χ0) is 23.1. The zero-order valence-electron chi connectivity index (χ0n) is 22.0. The molecule has 0 N–H and O–H groups in total. The molecule has 0 saturated heterocycles. The molecule has 1 unspecified atom stereocenters. The van der Waals surface area contributed by atoms with E-state index in [-0.39, 0.29) is 0 Å². The van der Waals surface area contributed by atoms with Crippen molar-refractivity contribution in [1.29, 1.82) is 0 Å². The molecule has 0 aromatic heterocycles. The number of rotatable bonds is 15. The highest BCUT2D eigenvalue weighted by atomic mass is 16.5. The fourth-order valence-corrected chi connectivity index (χ4v) is 5.98. The fourth-order valence-electron chi connectivity index (χ4n) is 5.98. The number of hydrogen-bond acceptors (Lipinski definition) is 1. The van der Waals surface area contributed by atoms with Crippen LogP contribution in [0.2, 0.25) is 0 Å². The smallest absolute Gasteiger partial charge is 0.119 e. The molecule has 3 rings (SSSR count). The van der Waals surface area contributed by atoms with Crippen LogP contribution in [-0.2, 0) is 6.42 Å². The van der Waals surface area contributed by atoms with E-state index in [9.17, 15) is 0 Å². The second-order valence-electron chi connectivity index (χ2n) is 11.2. The first-order valence-electron chi connectivity index (χ1n) is 14.7. The van der Waals surface area contributed by atoms with Gasteiger partial charge in [0.2, 0.25) is 0 Å². The number of allylic oxidation sites excluding steroid dienone is 2. The first kappa shape index (κ1) is 26.4. The Bertz CT molecular complexity index is 650. The van der Waals surface area contributed by atoms with Crippen molar-refractivity contribution >= 4 is 0 Å². The van der Waals surface area contributed by atoms with Gasteiger partial charge in [0.1, 0.15) is 5.75 Å². The lowest BCUT2D eigenvalue weighted by atomic mass is 9.76. The van der Waals surface area contributed by atoms with Gasteiger partial charge >= 0.3 is 0 Å². The second kappa shape index (κ2) is 15.6. The van der Waals surface area contributed by atoms with Gasteiger partial charge in [0, 0.05) is 0 Å². The summed E-state index contributed by atoms with van der Waals surface area (Å²) in [5.41, 5.74) is 3.16. The van der Waals surface area contributed by atoms with Crippen molar-refractivity contribution in [1.82, 2.24) is 0 Å². The van der Waals surface area contributed by atoms with Crippen molar-refractivity contribution in [2.45, 2.75) is 129 Å². The van der Waals surface area contributed by atoms with E-state index in [1.165, 1.54) is 121 Å². The first-order chi connectivity index (χ1) is 16.3. The second-order valence-corrected chi connectivity index (χ2v) is 11.2. The maximum Gasteiger partial charge on any atom is 0.119 e. The van der Waals surface area contributed by atoms with Gasteiger partial charge in [0.05, 0.1) is 6.61 Å². The van der Waals surface area contributed by atoms with Crippen LogP contribution in [0.25, 0.3) is 0 Å². The van der Waals surface area contributed by atoms with Gasteiger partial charge in [-0.1, -0.05) is 108 Å². The molecule has 1 heteroatoms. The molecule has 0 aliphatic heterocycles. The molecule has 0 radical (unpaired) electrons. The van der Waals surface area contributed by atoms with Crippen molar-refractivity contribution in [2.75, 3.05) is 6.61 Å². The van der Waals surface area contributed by atoms with E-state index in [4.69, 9.17) is 4.74 Å². The Morgan fingerprint density at radius 1 is 0.697 bits per heavy atom. The van der Waals surface area contributed by atoms with Gasteiger partial charge in [-0.05, 0) is 80.4 Å². The molecule has 0 heterocycles. The minimum Gasteiger partial charge on any atom is -0.494 e. The summed E-state index contributed by atoms with van der Waals surface area (Å²) < 4.78 is 5.89. The van der Waals surface area contributed by atoms with Crippen LogP contribution in [-0.4, -0.2) is 6.61 Å². The predicted molar refractivity (Wildman–Crippen MR) is 144 cm³/mol. The Kier molecular flexibility index (Phi) is 12.5. The van der Waals surface area contributed by atoms with Crippen molar-refractivity contribution in [2.24, 2.45) is 17.8 Å². The number of ether oxygens (including phenoxy) is 1. The van der Waals surface area contributed by atoms with Crippen molar-refractivity contribution in [3.8, 4) is 5.75 Å². The third-order valence-electron chi connectivity index (χ3n) is 8.45. The van der Waals surface area contributed by atoms with Crippen LogP contribution in [0.15, 0.2) is 35.9 Å².